The van der Waals surface area contributed by atoms with Crippen LogP contribution in [0, 0.1) is 0 Å². The number of hydrogen-bond acceptors (Lipinski definition) is 3. The Balaban J connectivity index is 1.49. The molecule has 1 unspecified atom stereocenters. The maximum Gasteiger partial charge on any atom is 0.242 e. The van der Waals surface area contributed by atoms with Crippen molar-refractivity contribution in [2.45, 2.75) is 25.3 Å². The Morgan fingerprint density at radius 2 is 2.18 bits per heavy atom. The zero-order valence-electron chi connectivity index (χ0n) is 12.2. The molecular formula is C16H18N4O2. The Morgan fingerprint density at radius 1 is 1.36 bits per heavy atom. The third-order valence-electron chi connectivity index (χ3n) is 3.68. The van der Waals surface area contributed by atoms with Gasteiger partial charge < -0.3 is 10.6 Å². The van der Waals surface area contributed by atoms with Gasteiger partial charge in [-0.2, -0.15) is 5.10 Å². The predicted molar refractivity (Wildman–Crippen MR) is 81.4 cm³/mol. The lowest BCUT2D eigenvalue weighted by Gasteiger charge is -2.10. The van der Waals surface area contributed by atoms with Gasteiger partial charge in [0.25, 0.3) is 0 Å². The van der Waals surface area contributed by atoms with Gasteiger partial charge in [-0.15, -0.1) is 0 Å². The van der Waals surface area contributed by atoms with Crippen LogP contribution in [0.5, 0.6) is 0 Å². The van der Waals surface area contributed by atoms with Gasteiger partial charge in [-0.3, -0.25) is 9.59 Å². The highest BCUT2D eigenvalue weighted by atomic mass is 16.2. The Hall–Kier alpha value is -2.63. The third-order valence-corrected chi connectivity index (χ3v) is 3.68. The fourth-order valence-corrected chi connectivity index (χ4v) is 2.48. The molecule has 0 spiro atoms. The number of carbonyl (C=O) groups is 2. The van der Waals surface area contributed by atoms with Crippen LogP contribution in [0.25, 0.3) is 5.69 Å². The molecule has 2 N–H and O–H groups in total. The number of carbonyl (C=O) groups excluding carboxylic acids is 2. The van der Waals surface area contributed by atoms with Crippen molar-refractivity contribution in [3.8, 4) is 5.69 Å². The molecule has 2 heterocycles. The van der Waals surface area contributed by atoms with Crippen LogP contribution in [0.4, 0.5) is 0 Å². The molecule has 0 radical (unpaired) electrons. The van der Waals surface area contributed by atoms with E-state index in [0.717, 1.165) is 11.3 Å². The number of rotatable bonds is 5. The summed E-state index contributed by atoms with van der Waals surface area (Å²) < 4.78 is 1.81. The molecule has 1 aromatic heterocycles. The minimum atomic E-state index is -0.375. The summed E-state index contributed by atoms with van der Waals surface area (Å²) in [5, 5.41) is 9.83. The lowest BCUT2D eigenvalue weighted by Crippen LogP contribution is -2.42. The molecule has 1 aromatic carbocycles. The van der Waals surface area contributed by atoms with E-state index in [1.54, 1.807) is 6.20 Å². The molecule has 0 bridgehead atoms. The van der Waals surface area contributed by atoms with E-state index in [1.807, 2.05) is 41.2 Å². The van der Waals surface area contributed by atoms with Crippen molar-refractivity contribution in [1.82, 2.24) is 20.4 Å². The molecular weight excluding hydrogens is 280 g/mol. The van der Waals surface area contributed by atoms with Crippen LogP contribution in [-0.2, 0) is 16.0 Å². The fourth-order valence-electron chi connectivity index (χ4n) is 2.48. The maximum absolute atomic E-state index is 11.9. The first-order valence-electron chi connectivity index (χ1n) is 7.38. The topological polar surface area (TPSA) is 76.0 Å². The Bertz CT molecular complexity index is 666. The van der Waals surface area contributed by atoms with Gasteiger partial charge in [0.05, 0.1) is 11.9 Å². The molecule has 6 nitrogen and oxygen atoms in total. The Kier molecular flexibility index (Phi) is 4.18. The van der Waals surface area contributed by atoms with Crippen LogP contribution in [0.1, 0.15) is 18.4 Å². The highest BCUT2D eigenvalue weighted by molar-refractivity contribution is 5.90. The van der Waals surface area contributed by atoms with Crippen molar-refractivity contribution in [1.29, 1.82) is 0 Å². The Morgan fingerprint density at radius 3 is 2.91 bits per heavy atom. The summed E-state index contributed by atoms with van der Waals surface area (Å²) in [7, 11) is 0. The van der Waals surface area contributed by atoms with E-state index in [1.165, 1.54) is 0 Å². The molecule has 1 saturated heterocycles. The van der Waals surface area contributed by atoms with E-state index in [-0.39, 0.29) is 17.9 Å². The number of hydrogen-bond donors (Lipinski definition) is 2. The van der Waals surface area contributed by atoms with Gasteiger partial charge in [0, 0.05) is 19.2 Å². The van der Waals surface area contributed by atoms with Gasteiger partial charge in [0.2, 0.25) is 11.8 Å². The summed E-state index contributed by atoms with van der Waals surface area (Å²) >= 11 is 0. The van der Waals surface area contributed by atoms with Crippen LogP contribution in [0.3, 0.4) is 0 Å². The smallest absolute Gasteiger partial charge is 0.242 e. The number of aromatic nitrogens is 2. The van der Waals surface area contributed by atoms with E-state index in [9.17, 15) is 9.59 Å². The molecule has 1 aliphatic heterocycles. The van der Waals surface area contributed by atoms with Gasteiger partial charge in [0.1, 0.15) is 6.04 Å². The minimum Gasteiger partial charge on any atom is -0.354 e. The lowest BCUT2D eigenvalue weighted by atomic mass is 10.2. The number of para-hydroxylation sites is 1. The average Bonchev–Trinajstić information content (AvgIpc) is 3.17. The van der Waals surface area contributed by atoms with E-state index in [2.05, 4.69) is 15.7 Å². The van der Waals surface area contributed by atoms with E-state index in [4.69, 9.17) is 0 Å². The molecule has 2 amide bonds. The molecule has 3 rings (SSSR count). The molecule has 0 saturated carbocycles. The largest absolute Gasteiger partial charge is 0.354 e. The molecule has 22 heavy (non-hydrogen) atoms. The highest BCUT2D eigenvalue weighted by Crippen LogP contribution is 2.08. The molecule has 6 heteroatoms. The van der Waals surface area contributed by atoms with Crippen LogP contribution in [-0.4, -0.2) is 34.2 Å². The van der Waals surface area contributed by atoms with Gasteiger partial charge in [-0.1, -0.05) is 18.2 Å². The summed E-state index contributed by atoms with van der Waals surface area (Å²) in [6.07, 6.45) is 5.48. The van der Waals surface area contributed by atoms with Crippen molar-refractivity contribution in [3.05, 3.63) is 48.3 Å². The zero-order valence-corrected chi connectivity index (χ0v) is 12.2. The molecule has 0 aliphatic carbocycles. The van der Waals surface area contributed by atoms with Crippen LogP contribution < -0.4 is 10.6 Å². The SMILES string of the molecule is O=C1CCC(C(=O)NCCc2cnn(-c3ccccc3)c2)N1. The maximum atomic E-state index is 11.9. The monoisotopic (exact) mass is 298 g/mol. The molecule has 114 valence electrons. The summed E-state index contributed by atoms with van der Waals surface area (Å²) in [5.41, 5.74) is 2.06. The van der Waals surface area contributed by atoms with Crippen molar-refractivity contribution in [2.24, 2.45) is 0 Å². The summed E-state index contributed by atoms with van der Waals surface area (Å²) in [4.78, 5) is 22.9. The van der Waals surface area contributed by atoms with Crippen molar-refractivity contribution < 1.29 is 9.59 Å². The first-order chi connectivity index (χ1) is 10.7. The summed E-state index contributed by atoms with van der Waals surface area (Å²) in [6, 6.07) is 9.49. The summed E-state index contributed by atoms with van der Waals surface area (Å²) in [5.74, 6) is -0.161. The third kappa shape index (κ3) is 3.33. The van der Waals surface area contributed by atoms with Crippen LogP contribution in [0.15, 0.2) is 42.7 Å². The van der Waals surface area contributed by atoms with Gasteiger partial charge in [-0.05, 0) is 30.5 Å². The average molecular weight is 298 g/mol. The van der Waals surface area contributed by atoms with Crippen LogP contribution in [0.2, 0.25) is 0 Å². The van der Waals surface area contributed by atoms with Crippen molar-refractivity contribution in [2.75, 3.05) is 6.54 Å². The van der Waals surface area contributed by atoms with Crippen LogP contribution >= 0.6 is 0 Å². The number of nitrogens with one attached hydrogen (secondary N) is 2. The van der Waals surface area contributed by atoms with Crippen molar-refractivity contribution >= 4 is 11.8 Å². The van der Waals surface area contributed by atoms with Gasteiger partial charge >= 0.3 is 0 Å². The van der Waals surface area contributed by atoms with E-state index < -0.39 is 0 Å². The highest BCUT2D eigenvalue weighted by Gasteiger charge is 2.26. The van der Waals surface area contributed by atoms with E-state index in [0.29, 0.717) is 25.8 Å². The lowest BCUT2D eigenvalue weighted by molar-refractivity contribution is -0.125. The second kappa shape index (κ2) is 6.43. The molecule has 2 aromatic rings. The van der Waals surface area contributed by atoms with Crippen molar-refractivity contribution in [3.63, 3.8) is 0 Å². The van der Waals surface area contributed by atoms with Gasteiger partial charge in [-0.25, -0.2) is 4.68 Å². The first-order valence-corrected chi connectivity index (χ1v) is 7.38. The number of amides is 2. The normalized spacial score (nSPS) is 17.3. The molecule has 1 fully saturated rings. The minimum absolute atomic E-state index is 0.0516. The second-order valence-corrected chi connectivity index (χ2v) is 5.33. The number of nitrogens with zero attached hydrogens (tertiary/aromatic N) is 2. The molecule has 1 atom stereocenters. The zero-order chi connectivity index (χ0) is 15.4. The second-order valence-electron chi connectivity index (χ2n) is 5.33. The molecule has 1 aliphatic rings. The first kappa shape index (κ1) is 14.3. The standard InChI is InChI=1S/C16H18N4O2/c21-15-7-6-14(19-15)16(22)17-9-8-12-10-18-20(11-12)13-4-2-1-3-5-13/h1-5,10-11,14H,6-9H2,(H,17,22)(H,19,21). The predicted octanol–water partition coefficient (Wildman–Crippen LogP) is 0.810. The fraction of sp³-hybridized carbons (Fsp3) is 0.312. The summed E-state index contributed by atoms with van der Waals surface area (Å²) in [6.45, 7) is 0.533. The van der Waals surface area contributed by atoms with E-state index >= 15 is 0 Å². The number of benzene rings is 1. The Labute approximate surface area is 128 Å². The quantitative estimate of drug-likeness (QED) is 0.857. The van der Waals surface area contributed by atoms with Gasteiger partial charge in [0.15, 0.2) is 0 Å².